The van der Waals surface area contributed by atoms with Crippen LogP contribution in [0.15, 0.2) is 17.6 Å². The SMILES string of the molecule is C=CC(=O)N1CCN(C)CC1=NC.CC.CC.CC. The Labute approximate surface area is 120 Å². The van der Waals surface area contributed by atoms with E-state index in [4.69, 9.17) is 0 Å². The van der Waals surface area contributed by atoms with Crippen LogP contribution in [0, 0.1) is 0 Å². The molecule has 0 aromatic heterocycles. The predicted octanol–water partition coefficient (Wildman–Crippen LogP) is 3.05. The average molecular weight is 271 g/mol. The molecule has 0 unspecified atom stereocenters. The zero-order chi connectivity index (χ0) is 15.8. The summed E-state index contributed by atoms with van der Waals surface area (Å²) >= 11 is 0. The van der Waals surface area contributed by atoms with Gasteiger partial charge in [0, 0.05) is 20.1 Å². The van der Waals surface area contributed by atoms with E-state index in [0.29, 0.717) is 6.54 Å². The first-order chi connectivity index (χ1) is 9.19. The zero-order valence-corrected chi connectivity index (χ0v) is 14.2. The van der Waals surface area contributed by atoms with E-state index in [-0.39, 0.29) is 5.91 Å². The number of nitrogens with zero attached hydrogens (tertiary/aromatic N) is 3. The molecule has 1 rings (SSSR count). The van der Waals surface area contributed by atoms with E-state index in [0.717, 1.165) is 18.9 Å². The molecule has 0 aliphatic carbocycles. The van der Waals surface area contributed by atoms with Gasteiger partial charge in [-0.15, -0.1) is 0 Å². The normalized spacial score (nSPS) is 16.0. The van der Waals surface area contributed by atoms with Gasteiger partial charge in [-0.1, -0.05) is 48.1 Å². The van der Waals surface area contributed by atoms with Crippen LogP contribution < -0.4 is 0 Å². The summed E-state index contributed by atoms with van der Waals surface area (Å²) in [6.07, 6.45) is 1.33. The molecule has 4 heteroatoms. The predicted molar refractivity (Wildman–Crippen MR) is 86.8 cm³/mol. The molecule has 0 aromatic carbocycles. The van der Waals surface area contributed by atoms with Gasteiger partial charge in [0.2, 0.25) is 0 Å². The van der Waals surface area contributed by atoms with Crippen LogP contribution in [0.2, 0.25) is 0 Å². The van der Waals surface area contributed by atoms with Crippen LogP contribution in [0.5, 0.6) is 0 Å². The smallest absolute Gasteiger partial charge is 0.251 e. The second-order valence-corrected chi connectivity index (χ2v) is 3.07. The van der Waals surface area contributed by atoms with Crippen LogP contribution in [0.4, 0.5) is 0 Å². The standard InChI is InChI=1S/C9H15N3O.3C2H6/c1-4-9(13)12-6-5-11(3)7-8(12)10-2;3*1-2/h4H,1,5-7H2,2-3H3;3*1-2H3. The molecule has 4 nitrogen and oxygen atoms in total. The van der Waals surface area contributed by atoms with Crippen LogP contribution in [0.3, 0.4) is 0 Å². The van der Waals surface area contributed by atoms with Crippen molar-refractivity contribution in [3.8, 4) is 0 Å². The van der Waals surface area contributed by atoms with Crippen molar-refractivity contribution in [3.63, 3.8) is 0 Å². The van der Waals surface area contributed by atoms with Crippen LogP contribution >= 0.6 is 0 Å². The van der Waals surface area contributed by atoms with Crippen molar-refractivity contribution in [1.82, 2.24) is 9.80 Å². The minimum Gasteiger partial charge on any atom is -0.297 e. The lowest BCUT2D eigenvalue weighted by Gasteiger charge is -2.32. The van der Waals surface area contributed by atoms with E-state index in [2.05, 4.69) is 16.5 Å². The largest absolute Gasteiger partial charge is 0.297 e. The van der Waals surface area contributed by atoms with Crippen LogP contribution in [-0.4, -0.2) is 55.3 Å². The lowest BCUT2D eigenvalue weighted by molar-refractivity contribution is -0.123. The Morgan fingerprint density at radius 2 is 1.63 bits per heavy atom. The Kier molecular flexibility index (Phi) is 20.4. The number of carbonyl (C=O) groups is 1. The van der Waals surface area contributed by atoms with Crippen LogP contribution in [-0.2, 0) is 4.79 Å². The number of hydrogen-bond acceptors (Lipinski definition) is 3. The monoisotopic (exact) mass is 271 g/mol. The van der Waals surface area contributed by atoms with E-state index < -0.39 is 0 Å². The second kappa shape index (κ2) is 16.8. The third kappa shape index (κ3) is 9.42. The number of aliphatic imine (C=N–C) groups is 1. The molecule has 114 valence electrons. The molecule has 0 radical (unpaired) electrons. The van der Waals surface area contributed by atoms with Crippen molar-refractivity contribution in [2.75, 3.05) is 33.7 Å². The van der Waals surface area contributed by atoms with Crippen molar-refractivity contribution >= 4 is 11.7 Å². The first kappa shape index (κ1) is 23.0. The van der Waals surface area contributed by atoms with E-state index in [1.165, 1.54) is 6.08 Å². The number of likely N-dealkylation sites (N-methyl/N-ethyl adjacent to an activating group) is 1. The molecule has 0 aromatic rings. The van der Waals surface area contributed by atoms with Gasteiger partial charge in [0.05, 0.1) is 6.54 Å². The minimum atomic E-state index is -0.0614. The van der Waals surface area contributed by atoms with Gasteiger partial charge in [-0.05, 0) is 13.1 Å². The summed E-state index contributed by atoms with van der Waals surface area (Å²) in [7, 11) is 3.72. The molecular formula is C15H33N3O. The molecule has 0 N–H and O–H groups in total. The maximum Gasteiger partial charge on any atom is 0.251 e. The van der Waals surface area contributed by atoms with Crippen molar-refractivity contribution in [2.45, 2.75) is 41.5 Å². The van der Waals surface area contributed by atoms with Crippen molar-refractivity contribution < 1.29 is 4.79 Å². The molecule has 19 heavy (non-hydrogen) atoms. The zero-order valence-electron chi connectivity index (χ0n) is 14.2. The van der Waals surface area contributed by atoms with Gasteiger partial charge in [0.15, 0.2) is 0 Å². The van der Waals surface area contributed by atoms with Gasteiger partial charge in [-0.3, -0.25) is 19.6 Å². The molecule has 1 aliphatic rings. The Balaban J connectivity index is -0.000000375. The molecule has 1 saturated heterocycles. The van der Waals surface area contributed by atoms with E-state index in [1.54, 1.807) is 11.9 Å². The van der Waals surface area contributed by atoms with Crippen molar-refractivity contribution in [3.05, 3.63) is 12.7 Å². The highest BCUT2D eigenvalue weighted by molar-refractivity contribution is 6.03. The van der Waals surface area contributed by atoms with E-state index >= 15 is 0 Å². The highest BCUT2D eigenvalue weighted by Crippen LogP contribution is 2.03. The lowest BCUT2D eigenvalue weighted by atomic mass is 10.3. The number of rotatable bonds is 1. The van der Waals surface area contributed by atoms with Gasteiger partial charge in [0.1, 0.15) is 5.84 Å². The fourth-order valence-corrected chi connectivity index (χ4v) is 1.34. The maximum absolute atomic E-state index is 11.4. The van der Waals surface area contributed by atoms with Crippen molar-refractivity contribution in [1.29, 1.82) is 0 Å². The highest BCUT2D eigenvalue weighted by Gasteiger charge is 2.22. The third-order valence-corrected chi connectivity index (χ3v) is 2.13. The first-order valence-corrected chi connectivity index (χ1v) is 7.27. The fourth-order valence-electron chi connectivity index (χ4n) is 1.34. The van der Waals surface area contributed by atoms with Crippen molar-refractivity contribution in [2.24, 2.45) is 4.99 Å². The van der Waals surface area contributed by atoms with E-state index in [1.807, 2.05) is 48.6 Å². The molecule has 0 saturated carbocycles. The molecular weight excluding hydrogens is 238 g/mol. The van der Waals surface area contributed by atoms with E-state index in [9.17, 15) is 4.79 Å². The molecule has 1 amide bonds. The van der Waals surface area contributed by atoms with Gasteiger partial charge < -0.3 is 0 Å². The quantitative estimate of drug-likeness (QED) is 0.687. The summed E-state index contributed by atoms with van der Waals surface area (Å²) in [5, 5.41) is 0. The number of amidine groups is 1. The Morgan fingerprint density at radius 3 is 2.00 bits per heavy atom. The molecule has 1 heterocycles. The third-order valence-electron chi connectivity index (χ3n) is 2.13. The summed E-state index contributed by atoms with van der Waals surface area (Å²) < 4.78 is 0. The van der Waals surface area contributed by atoms with Gasteiger partial charge in [-0.25, -0.2) is 0 Å². The topological polar surface area (TPSA) is 35.9 Å². The average Bonchev–Trinajstić information content (AvgIpc) is 2.52. The molecule has 1 aliphatic heterocycles. The van der Waals surface area contributed by atoms with Gasteiger partial charge >= 0.3 is 0 Å². The maximum atomic E-state index is 11.4. The molecule has 1 fully saturated rings. The minimum absolute atomic E-state index is 0.0614. The Morgan fingerprint density at radius 1 is 1.16 bits per heavy atom. The fraction of sp³-hybridized carbons (Fsp3) is 0.733. The highest BCUT2D eigenvalue weighted by atomic mass is 16.2. The summed E-state index contributed by atoms with van der Waals surface area (Å²) in [6, 6.07) is 0. The molecule has 0 bridgehead atoms. The Bertz CT molecular complexity index is 250. The lowest BCUT2D eigenvalue weighted by Crippen LogP contribution is -2.50. The number of hydrogen-bond donors (Lipinski definition) is 0. The number of amides is 1. The second-order valence-electron chi connectivity index (χ2n) is 3.07. The van der Waals surface area contributed by atoms with Crippen LogP contribution in [0.1, 0.15) is 41.5 Å². The Hall–Kier alpha value is -1.16. The van der Waals surface area contributed by atoms with Crippen LogP contribution in [0.25, 0.3) is 0 Å². The van der Waals surface area contributed by atoms with Gasteiger partial charge in [0.25, 0.3) is 5.91 Å². The number of carbonyl (C=O) groups excluding carboxylic acids is 1. The summed E-state index contributed by atoms with van der Waals surface area (Å²) in [6.45, 7) is 17.8. The summed E-state index contributed by atoms with van der Waals surface area (Å²) in [5.41, 5.74) is 0. The summed E-state index contributed by atoms with van der Waals surface area (Å²) in [4.78, 5) is 19.2. The van der Waals surface area contributed by atoms with Gasteiger partial charge in [-0.2, -0.15) is 0 Å². The summed E-state index contributed by atoms with van der Waals surface area (Å²) in [5.74, 6) is 0.757. The molecule has 0 spiro atoms. The first-order valence-electron chi connectivity index (χ1n) is 7.27. The number of piperazine rings is 1. The molecule has 0 atom stereocenters.